The van der Waals surface area contributed by atoms with E-state index in [0.29, 0.717) is 11.2 Å². The van der Waals surface area contributed by atoms with Gasteiger partial charge in [-0.25, -0.2) is 4.98 Å². The molecule has 0 saturated carbocycles. The fraction of sp³-hybridized carbons (Fsp3) is 0.364. The Morgan fingerprint density at radius 3 is 2.62 bits per heavy atom. The van der Waals surface area contributed by atoms with Gasteiger partial charge in [-0.1, -0.05) is 30.3 Å². The van der Waals surface area contributed by atoms with Gasteiger partial charge in [0.25, 0.3) is 5.56 Å². The van der Waals surface area contributed by atoms with Crippen LogP contribution in [0.4, 0.5) is 0 Å². The van der Waals surface area contributed by atoms with Gasteiger partial charge < -0.3 is 10.3 Å². The number of para-hydroxylation sites is 1. The van der Waals surface area contributed by atoms with Gasteiger partial charge in [-0.2, -0.15) is 0 Å². The van der Waals surface area contributed by atoms with Crippen molar-refractivity contribution in [1.29, 1.82) is 0 Å². The lowest BCUT2D eigenvalue weighted by Crippen LogP contribution is -2.26. The van der Waals surface area contributed by atoms with Crippen LogP contribution in [0.15, 0.2) is 47.3 Å². The Bertz CT molecular complexity index is 992. The van der Waals surface area contributed by atoms with Crippen LogP contribution in [-0.2, 0) is 12.8 Å². The van der Waals surface area contributed by atoms with E-state index < -0.39 is 0 Å². The summed E-state index contributed by atoms with van der Waals surface area (Å²) in [5, 5.41) is 4.21. The number of hydrogen-bond donors (Lipinski definition) is 2. The van der Waals surface area contributed by atoms with E-state index in [2.05, 4.69) is 40.4 Å². The quantitative estimate of drug-likeness (QED) is 0.743. The molecule has 3 aromatic rings. The van der Waals surface area contributed by atoms with Crippen LogP contribution < -0.4 is 10.9 Å². The average Bonchev–Trinajstić information content (AvgIpc) is 2.67. The molecule has 2 N–H and O–H groups in total. The molecular weight excluding hydrogens is 322 g/mol. The summed E-state index contributed by atoms with van der Waals surface area (Å²) in [7, 11) is 0. The van der Waals surface area contributed by atoms with Crippen molar-refractivity contribution in [1.82, 2.24) is 15.3 Å². The zero-order valence-corrected chi connectivity index (χ0v) is 15.4. The Morgan fingerprint density at radius 1 is 1.00 bits per heavy atom. The summed E-state index contributed by atoms with van der Waals surface area (Å²) in [4.78, 5) is 19.9. The largest absolute Gasteiger partial charge is 0.309 e. The molecule has 1 aliphatic carbocycles. The van der Waals surface area contributed by atoms with E-state index in [1.807, 2.05) is 25.1 Å². The molecule has 0 bridgehead atoms. The van der Waals surface area contributed by atoms with E-state index in [4.69, 9.17) is 0 Å². The van der Waals surface area contributed by atoms with Crippen molar-refractivity contribution in [3.8, 4) is 0 Å². The van der Waals surface area contributed by atoms with E-state index >= 15 is 0 Å². The second-order valence-corrected chi connectivity index (χ2v) is 7.31. The molecule has 1 heterocycles. The highest BCUT2D eigenvalue weighted by Crippen LogP contribution is 2.26. The number of H-pyrrole nitrogens is 1. The van der Waals surface area contributed by atoms with Gasteiger partial charge in [-0.3, -0.25) is 4.79 Å². The van der Waals surface area contributed by atoms with Crippen LogP contribution in [0.3, 0.4) is 0 Å². The predicted octanol–water partition coefficient (Wildman–Crippen LogP) is 4.21. The SMILES string of the molecule is C[C@H](N[C@H](C)c1ccc2c(c1)CCCC2)c1nc2ccccc2c(=O)[nH]1. The van der Waals surface area contributed by atoms with E-state index in [1.54, 1.807) is 6.07 Å². The minimum absolute atomic E-state index is 0.0432. The first kappa shape index (κ1) is 17.0. The molecule has 2 atom stereocenters. The Balaban J connectivity index is 1.56. The van der Waals surface area contributed by atoms with E-state index in [9.17, 15) is 4.79 Å². The summed E-state index contributed by atoms with van der Waals surface area (Å²) >= 11 is 0. The number of benzene rings is 2. The number of rotatable bonds is 4. The molecule has 4 heteroatoms. The molecule has 4 rings (SSSR count). The fourth-order valence-corrected chi connectivity index (χ4v) is 3.88. The Labute approximate surface area is 153 Å². The lowest BCUT2D eigenvalue weighted by Gasteiger charge is -2.22. The molecule has 0 unspecified atom stereocenters. The summed E-state index contributed by atoms with van der Waals surface area (Å²) in [6.45, 7) is 4.21. The Kier molecular flexibility index (Phi) is 4.60. The zero-order valence-electron chi connectivity index (χ0n) is 15.4. The molecule has 134 valence electrons. The fourth-order valence-electron chi connectivity index (χ4n) is 3.88. The van der Waals surface area contributed by atoms with Crippen molar-refractivity contribution in [2.24, 2.45) is 0 Å². The third kappa shape index (κ3) is 3.29. The van der Waals surface area contributed by atoms with E-state index in [-0.39, 0.29) is 17.6 Å². The van der Waals surface area contributed by atoms with Crippen LogP contribution in [0.2, 0.25) is 0 Å². The van der Waals surface area contributed by atoms with Crippen LogP contribution in [0.5, 0.6) is 0 Å². The van der Waals surface area contributed by atoms with Crippen molar-refractivity contribution in [2.75, 3.05) is 0 Å². The summed E-state index contributed by atoms with van der Waals surface area (Å²) in [5.41, 5.74) is 4.94. The molecule has 2 aromatic carbocycles. The average molecular weight is 347 g/mol. The molecule has 0 spiro atoms. The lowest BCUT2D eigenvalue weighted by molar-refractivity contribution is 0.476. The first-order valence-electron chi connectivity index (χ1n) is 9.48. The maximum atomic E-state index is 12.3. The third-order valence-corrected chi connectivity index (χ3v) is 5.41. The molecule has 4 nitrogen and oxygen atoms in total. The van der Waals surface area contributed by atoms with Gasteiger partial charge in [0, 0.05) is 6.04 Å². The molecule has 0 fully saturated rings. The lowest BCUT2D eigenvalue weighted by atomic mass is 9.89. The minimum Gasteiger partial charge on any atom is -0.309 e. The second kappa shape index (κ2) is 7.04. The highest BCUT2D eigenvalue weighted by molar-refractivity contribution is 5.77. The van der Waals surface area contributed by atoms with Crippen molar-refractivity contribution in [2.45, 2.75) is 51.6 Å². The van der Waals surface area contributed by atoms with Gasteiger partial charge in [-0.15, -0.1) is 0 Å². The van der Waals surface area contributed by atoms with Gasteiger partial charge in [0.15, 0.2) is 0 Å². The first-order valence-corrected chi connectivity index (χ1v) is 9.48. The number of aryl methyl sites for hydroxylation is 2. The highest BCUT2D eigenvalue weighted by Gasteiger charge is 2.16. The van der Waals surface area contributed by atoms with Crippen LogP contribution >= 0.6 is 0 Å². The van der Waals surface area contributed by atoms with Gasteiger partial charge in [0.2, 0.25) is 0 Å². The van der Waals surface area contributed by atoms with Gasteiger partial charge in [0.05, 0.1) is 16.9 Å². The van der Waals surface area contributed by atoms with Crippen molar-refractivity contribution in [3.63, 3.8) is 0 Å². The predicted molar refractivity (Wildman–Crippen MR) is 105 cm³/mol. The number of aromatic nitrogens is 2. The number of nitrogens with one attached hydrogen (secondary N) is 2. The second-order valence-electron chi connectivity index (χ2n) is 7.31. The normalized spacial score (nSPS) is 16.2. The zero-order chi connectivity index (χ0) is 18.1. The molecule has 0 saturated heterocycles. The maximum absolute atomic E-state index is 12.3. The minimum atomic E-state index is -0.0827. The highest BCUT2D eigenvalue weighted by atomic mass is 16.1. The van der Waals surface area contributed by atoms with Crippen molar-refractivity contribution >= 4 is 10.9 Å². The molecule has 1 aromatic heterocycles. The summed E-state index contributed by atoms with van der Waals surface area (Å²) in [6.07, 6.45) is 4.98. The van der Waals surface area contributed by atoms with Gasteiger partial charge in [-0.05, 0) is 68.4 Å². The van der Waals surface area contributed by atoms with Crippen LogP contribution in [0.1, 0.15) is 61.3 Å². The molecular formula is C22H25N3O. The van der Waals surface area contributed by atoms with Crippen LogP contribution in [-0.4, -0.2) is 9.97 Å². The molecule has 0 radical (unpaired) electrons. The Morgan fingerprint density at radius 2 is 1.77 bits per heavy atom. The summed E-state index contributed by atoms with van der Waals surface area (Å²) in [5.74, 6) is 0.679. The standard InChI is InChI=1S/C22H25N3O/c1-14(17-12-11-16-7-3-4-8-18(16)13-17)23-15(2)21-24-20-10-6-5-9-19(20)22(26)25-21/h5-6,9-15,23H,3-4,7-8H2,1-2H3,(H,24,25,26)/t14-,15+/m1/s1. The van der Waals surface area contributed by atoms with Crippen LogP contribution in [0.25, 0.3) is 10.9 Å². The smallest absolute Gasteiger partial charge is 0.258 e. The number of fused-ring (bicyclic) bond motifs is 2. The monoisotopic (exact) mass is 347 g/mol. The topological polar surface area (TPSA) is 57.8 Å². The third-order valence-electron chi connectivity index (χ3n) is 5.41. The molecule has 26 heavy (non-hydrogen) atoms. The molecule has 0 amide bonds. The number of aromatic amines is 1. The van der Waals surface area contributed by atoms with Crippen molar-refractivity contribution < 1.29 is 0 Å². The van der Waals surface area contributed by atoms with Crippen LogP contribution in [0, 0.1) is 0 Å². The first-order chi connectivity index (χ1) is 12.6. The van der Waals surface area contributed by atoms with Crippen molar-refractivity contribution in [3.05, 3.63) is 75.3 Å². The number of nitrogens with zero attached hydrogens (tertiary/aromatic N) is 1. The van der Waals surface area contributed by atoms with E-state index in [0.717, 1.165) is 5.52 Å². The molecule has 0 aliphatic heterocycles. The Hall–Kier alpha value is -2.46. The molecule has 1 aliphatic rings. The summed E-state index contributed by atoms with van der Waals surface area (Å²) in [6, 6.07) is 14.5. The van der Waals surface area contributed by atoms with Gasteiger partial charge >= 0.3 is 0 Å². The number of hydrogen-bond acceptors (Lipinski definition) is 3. The van der Waals surface area contributed by atoms with E-state index in [1.165, 1.54) is 42.4 Å². The van der Waals surface area contributed by atoms with Gasteiger partial charge in [0.1, 0.15) is 5.82 Å². The maximum Gasteiger partial charge on any atom is 0.258 e. The summed E-state index contributed by atoms with van der Waals surface area (Å²) < 4.78 is 0.